The Balaban J connectivity index is 1.73. The highest BCUT2D eigenvalue weighted by Crippen LogP contribution is 2.28. The van der Waals surface area contributed by atoms with E-state index >= 15 is 0 Å². The number of unbranched alkanes of at least 4 members (excludes halogenated alkanes) is 1. The number of aliphatic carboxylic acids is 1. The molecule has 0 saturated heterocycles. The Morgan fingerprint density at radius 2 is 2.00 bits per heavy atom. The lowest BCUT2D eigenvalue weighted by atomic mass is 9.83. The molecule has 3 unspecified atom stereocenters. The molecule has 1 aromatic carbocycles. The summed E-state index contributed by atoms with van der Waals surface area (Å²) in [6, 6.07) is 9.91. The molecule has 1 aromatic rings. The van der Waals surface area contributed by atoms with Crippen molar-refractivity contribution in [3.8, 4) is 0 Å². The zero-order valence-electron chi connectivity index (χ0n) is 15.6. The van der Waals surface area contributed by atoms with Crippen LogP contribution in [-0.2, 0) is 20.2 Å². The van der Waals surface area contributed by atoms with Crippen molar-refractivity contribution in [1.29, 1.82) is 0 Å². The van der Waals surface area contributed by atoms with Gasteiger partial charge in [0.15, 0.2) is 0 Å². The molecule has 5 nitrogen and oxygen atoms in total. The zero-order valence-corrected chi connectivity index (χ0v) is 16.4. The normalized spacial score (nSPS) is 21.5. The number of carbonyl (C=O) groups is 1. The Morgan fingerprint density at radius 3 is 2.78 bits per heavy atom. The molecule has 0 bridgehead atoms. The van der Waals surface area contributed by atoms with Crippen LogP contribution in [0.25, 0.3) is 6.08 Å². The third kappa shape index (κ3) is 9.02. The number of nitrogens with one attached hydrogen (secondary N) is 1. The number of hydrogen-bond acceptors (Lipinski definition) is 3. The number of allylic oxidation sites excluding steroid dienone is 2. The molecule has 0 radical (unpaired) electrons. The lowest BCUT2D eigenvalue weighted by molar-refractivity contribution is -0.137. The Kier molecular flexibility index (Phi) is 9.87. The van der Waals surface area contributed by atoms with Gasteiger partial charge in [-0.1, -0.05) is 55.3 Å². The highest BCUT2D eigenvalue weighted by Gasteiger charge is 2.25. The third-order valence-corrected chi connectivity index (χ3v) is 5.51. The average molecular weight is 392 g/mol. The van der Waals surface area contributed by atoms with E-state index in [1.54, 1.807) is 6.08 Å². The summed E-state index contributed by atoms with van der Waals surface area (Å²) in [6.45, 7) is 0. The molecular weight excluding hydrogens is 362 g/mol. The minimum absolute atomic E-state index is 0.174. The second kappa shape index (κ2) is 12.5. The standard InChI is InChI=1S/C21H29NO4S/c23-21(24)15-7-2-1-6-12-19-13-8-9-14-20(19)22-27(25)26-17-16-18-10-4-3-5-11-18/h1,3-6,10-11,16-17,19-20,22H,2,7-9,12-15H2,(H,23,24). The fourth-order valence-electron chi connectivity index (χ4n) is 3.28. The minimum Gasteiger partial charge on any atom is -0.481 e. The monoisotopic (exact) mass is 391 g/mol. The van der Waals surface area contributed by atoms with E-state index in [0.29, 0.717) is 12.3 Å². The summed E-state index contributed by atoms with van der Waals surface area (Å²) >= 11 is -1.55. The summed E-state index contributed by atoms with van der Waals surface area (Å²) in [7, 11) is 0. The number of carboxylic acid groups (broad SMARTS) is 1. The lowest BCUT2D eigenvalue weighted by Gasteiger charge is -2.30. The van der Waals surface area contributed by atoms with E-state index in [0.717, 1.165) is 37.7 Å². The maximum atomic E-state index is 12.2. The van der Waals surface area contributed by atoms with Crippen LogP contribution >= 0.6 is 0 Å². The van der Waals surface area contributed by atoms with Crippen molar-refractivity contribution < 1.29 is 18.3 Å². The lowest BCUT2D eigenvalue weighted by Crippen LogP contribution is -2.39. The molecule has 0 aromatic heterocycles. The Morgan fingerprint density at radius 1 is 1.22 bits per heavy atom. The van der Waals surface area contributed by atoms with Crippen LogP contribution in [0.15, 0.2) is 48.7 Å². The van der Waals surface area contributed by atoms with Crippen LogP contribution in [0.1, 0.15) is 56.9 Å². The molecule has 1 saturated carbocycles. The SMILES string of the molecule is O=C(O)CCCC=CCC1CCCCC1NS(=O)OC=Cc1ccccc1. The first kappa shape index (κ1) is 21.4. The quantitative estimate of drug-likeness (QED) is 0.328. The Labute approximate surface area is 164 Å². The molecule has 1 fully saturated rings. The maximum Gasteiger partial charge on any atom is 0.303 e. The van der Waals surface area contributed by atoms with E-state index in [1.807, 2.05) is 30.3 Å². The van der Waals surface area contributed by atoms with Gasteiger partial charge >= 0.3 is 5.97 Å². The van der Waals surface area contributed by atoms with Gasteiger partial charge in [0.25, 0.3) is 11.3 Å². The van der Waals surface area contributed by atoms with Crippen molar-refractivity contribution >= 4 is 23.3 Å². The van der Waals surface area contributed by atoms with Crippen LogP contribution in [0.5, 0.6) is 0 Å². The van der Waals surface area contributed by atoms with Gasteiger partial charge in [0.05, 0.1) is 0 Å². The molecule has 2 rings (SSSR count). The Bertz CT molecular complexity index is 645. The number of carboxylic acids is 1. The smallest absolute Gasteiger partial charge is 0.303 e. The fraction of sp³-hybridized carbons (Fsp3) is 0.476. The van der Waals surface area contributed by atoms with E-state index in [9.17, 15) is 9.00 Å². The van der Waals surface area contributed by atoms with Gasteiger partial charge < -0.3 is 9.29 Å². The van der Waals surface area contributed by atoms with E-state index in [-0.39, 0.29) is 12.5 Å². The second-order valence-electron chi connectivity index (χ2n) is 6.81. The van der Waals surface area contributed by atoms with Crippen LogP contribution in [0.2, 0.25) is 0 Å². The number of hydrogen-bond donors (Lipinski definition) is 2. The summed E-state index contributed by atoms with van der Waals surface area (Å²) in [4.78, 5) is 10.5. The number of benzene rings is 1. The van der Waals surface area contributed by atoms with Crippen LogP contribution < -0.4 is 4.72 Å². The molecule has 0 heterocycles. The van der Waals surface area contributed by atoms with Crippen molar-refractivity contribution in [3.63, 3.8) is 0 Å². The summed E-state index contributed by atoms with van der Waals surface area (Å²) in [5.41, 5.74) is 0.998. The molecule has 1 aliphatic carbocycles. The first-order valence-corrected chi connectivity index (χ1v) is 10.7. The largest absolute Gasteiger partial charge is 0.481 e. The van der Waals surface area contributed by atoms with E-state index in [2.05, 4.69) is 16.9 Å². The van der Waals surface area contributed by atoms with Crippen molar-refractivity contribution in [2.75, 3.05) is 0 Å². The van der Waals surface area contributed by atoms with Crippen molar-refractivity contribution in [2.24, 2.45) is 5.92 Å². The summed E-state index contributed by atoms with van der Waals surface area (Å²) in [6.07, 6.45) is 14.5. The van der Waals surface area contributed by atoms with Gasteiger partial charge in [0.2, 0.25) is 0 Å². The predicted molar refractivity (Wildman–Crippen MR) is 109 cm³/mol. The first-order valence-electron chi connectivity index (χ1n) is 9.58. The molecule has 0 aliphatic heterocycles. The van der Waals surface area contributed by atoms with E-state index < -0.39 is 17.2 Å². The highest BCUT2D eigenvalue weighted by atomic mass is 32.2. The van der Waals surface area contributed by atoms with Crippen LogP contribution in [0.3, 0.4) is 0 Å². The summed E-state index contributed by atoms with van der Waals surface area (Å²) in [5.74, 6) is -0.316. The topological polar surface area (TPSA) is 75.6 Å². The third-order valence-electron chi connectivity index (χ3n) is 4.73. The molecule has 148 valence electrons. The minimum atomic E-state index is -1.55. The van der Waals surface area contributed by atoms with Crippen molar-refractivity contribution in [1.82, 2.24) is 4.72 Å². The highest BCUT2D eigenvalue weighted by molar-refractivity contribution is 7.78. The zero-order chi connectivity index (χ0) is 19.3. The van der Waals surface area contributed by atoms with Gasteiger partial charge in [-0.25, -0.2) is 4.72 Å². The van der Waals surface area contributed by atoms with Gasteiger partial charge in [-0.2, -0.15) is 4.21 Å². The summed E-state index contributed by atoms with van der Waals surface area (Å²) in [5, 5.41) is 8.64. The molecule has 3 atom stereocenters. The Hall–Kier alpha value is -1.92. The molecule has 2 N–H and O–H groups in total. The van der Waals surface area contributed by atoms with Crippen LogP contribution in [0.4, 0.5) is 0 Å². The van der Waals surface area contributed by atoms with Crippen molar-refractivity contribution in [3.05, 3.63) is 54.3 Å². The molecule has 6 heteroatoms. The molecular formula is C21H29NO4S. The van der Waals surface area contributed by atoms with E-state index in [4.69, 9.17) is 9.29 Å². The van der Waals surface area contributed by atoms with Gasteiger partial charge in [-0.15, -0.1) is 0 Å². The molecule has 1 aliphatic rings. The molecule has 0 amide bonds. The fourth-order valence-corrected chi connectivity index (χ4v) is 4.05. The van der Waals surface area contributed by atoms with E-state index in [1.165, 1.54) is 12.7 Å². The van der Waals surface area contributed by atoms with Gasteiger partial charge in [0, 0.05) is 12.5 Å². The first-order chi connectivity index (χ1) is 13.1. The summed E-state index contributed by atoms with van der Waals surface area (Å²) < 4.78 is 20.6. The van der Waals surface area contributed by atoms with Crippen molar-refractivity contribution in [2.45, 2.75) is 57.4 Å². The second-order valence-corrected chi connectivity index (χ2v) is 7.70. The predicted octanol–water partition coefficient (Wildman–Crippen LogP) is 4.60. The number of rotatable bonds is 11. The molecule has 27 heavy (non-hydrogen) atoms. The van der Waals surface area contributed by atoms with Gasteiger partial charge in [0.1, 0.15) is 6.26 Å². The average Bonchev–Trinajstić information content (AvgIpc) is 2.66. The van der Waals surface area contributed by atoms with Crippen LogP contribution in [-0.4, -0.2) is 21.3 Å². The van der Waals surface area contributed by atoms with Gasteiger partial charge in [-0.3, -0.25) is 4.79 Å². The maximum absolute atomic E-state index is 12.2. The molecule has 0 spiro atoms. The van der Waals surface area contributed by atoms with Crippen LogP contribution in [0, 0.1) is 5.92 Å². The van der Waals surface area contributed by atoms with Gasteiger partial charge in [-0.05, 0) is 49.7 Å².